The Morgan fingerprint density at radius 2 is 1.88 bits per heavy atom. The van der Waals surface area contributed by atoms with Crippen LogP contribution in [0.3, 0.4) is 0 Å². The number of nitrogens with zero attached hydrogens (tertiary/aromatic N) is 1. The maximum atomic E-state index is 12.2. The van der Waals surface area contributed by atoms with Gasteiger partial charge in [-0.25, -0.2) is 0 Å². The minimum absolute atomic E-state index is 0.0843. The zero-order chi connectivity index (χ0) is 12.5. The number of halogens is 5. The number of rotatable bonds is 1. The van der Waals surface area contributed by atoms with Crippen molar-refractivity contribution in [3.8, 4) is 0 Å². The molecule has 0 bridgehead atoms. The van der Waals surface area contributed by atoms with E-state index in [1.165, 1.54) is 18.2 Å². The second kappa shape index (κ2) is 4.51. The first-order valence-corrected chi connectivity index (χ1v) is 4.79. The van der Waals surface area contributed by atoms with Crippen molar-refractivity contribution >= 4 is 34.8 Å². The van der Waals surface area contributed by atoms with Gasteiger partial charge in [0.25, 0.3) is 0 Å². The van der Waals surface area contributed by atoms with Crippen molar-refractivity contribution in [1.29, 1.82) is 0 Å². The van der Waals surface area contributed by atoms with Crippen LogP contribution in [0.5, 0.6) is 0 Å². The number of hydrogen-bond acceptors (Lipinski definition) is 1. The Kier molecular flexibility index (Phi) is 3.70. The molecule has 1 aromatic carbocycles. The van der Waals surface area contributed by atoms with Gasteiger partial charge >= 0.3 is 12.1 Å². The number of carbonyl (C=O) groups excluding carboxylic acids is 1. The highest BCUT2D eigenvalue weighted by atomic mass is 35.5. The fraction of sp³-hybridized carbons (Fsp3) is 0.222. The van der Waals surface area contributed by atoms with Crippen molar-refractivity contribution in [2.24, 2.45) is 0 Å². The van der Waals surface area contributed by atoms with Gasteiger partial charge in [0, 0.05) is 7.05 Å². The van der Waals surface area contributed by atoms with Crippen LogP contribution >= 0.6 is 23.2 Å². The largest absolute Gasteiger partial charge is 0.471 e. The van der Waals surface area contributed by atoms with Crippen LogP contribution in [0.4, 0.5) is 18.9 Å². The minimum atomic E-state index is -4.94. The standard InChI is InChI=1S/C9H6Cl2F3NO/c1-15(8(16)9(12,13)14)6-4-2-3-5(10)7(6)11/h2-4H,1H3. The van der Waals surface area contributed by atoms with Gasteiger partial charge in [0.15, 0.2) is 0 Å². The predicted molar refractivity (Wildman–Crippen MR) is 55.9 cm³/mol. The second-order valence-corrected chi connectivity index (χ2v) is 3.72. The summed E-state index contributed by atoms with van der Waals surface area (Å²) in [6.07, 6.45) is -4.94. The molecular weight excluding hydrogens is 266 g/mol. The highest BCUT2D eigenvalue weighted by molar-refractivity contribution is 6.44. The maximum Gasteiger partial charge on any atom is 0.471 e. The average molecular weight is 272 g/mol. The van der Waals surface area contributed by atoms with Crippen molar-refractivity contribution in [3.05, 3.63) is 28.2 Å². The van der Waals surface area contributed by atoms with Crippen LogP contribution in [-0.2, 0) is 4.79 Å². The van der Waals surface area contributed by atoms with Gasteiger partial charge in [-0.3, -0.25) is 4.79 Å². The van der Waals surface area contributed by atoms with E-state index in [-0.39, 0.29) is 15.7 Å². The molecule has 1 amide bonds. The van der Waals surface area contributed by atoms with Crippen LogP contribution in [0.25, 0.3) is 0 Å². The molecule has 0 spiro atoms. The van der Waals surface area contributed by atoms with Gasteiger partial charge < -0.3 is 4.90 Å². The molecule has 0 saturated heterocycles. The Morgan fingerprint density at radius 1 is 1.31 bits per heavy atom. The summed E-state index contributed by atoms with van der Waals surface area (Å²) >= 11 is 11.3. The molecule has 0 radical (unpaired) electrons. The Bertz CT molecular complexity index is 420. The topological polar surface area (TPSA) is 20.3 Å². The van der Waals surface area contributed by atoms with Gasteiger partial charge in [0.05, 0.1) is 15.7 Å². The van der Waals surface area contributed by atoms with Crippen molar-refractivity contribution in [2.45, 2.75) is 6.18 Å². The summed E-state index contributed by atoms with van der Waals surface area (Å²) in [5.74, 6) is -2.00. The summed E-state index contributed by atoms with van der Waals surface area (Å²) in [5.41, 5.74) is -0.0866. The molecule has 7 heteroatoms. The van der Waals surface area contributed by atoms with E-state index in [1.54, 1.807) is 0 Å². The molecule has 0 heterocycles. The highest BCUT2D eigenvalue weighted by Gasteiger charge is 2.42. The fourth-order valence-electron chi connectivity index (χ4n) is 1.05. The molecule has 0 unspecified atom stereocenters. The quantitative estimate of drug-likeness (QED) is 0.766. The lowest BCUT2D eigenvalue weighted by Gasteiger charge is -2.20. The van der Waals surface area contributed by atoms with Gasteiger partial charge in [-0.2, -0.15) is 13.2 Å². The number of anilines is 1. The van der Waals surface area contributed by atoms with E-state index < -0.39 is 12.1 Å². The first kappa shape index (κ1) is 13.1. The summed E-state index contributed by atoms with van der Waals surface area (Å²) in [5, 5.41) is -0.00902. The van der Waals surface area contributed by atoms with Crippen LogP contribution in [0.2, 0.25) is 10.0 Å². The van der Waals surface area contributed by atoms with Crippen LogP contribution in [0.15, 0.2) is 18.2 Å². The predicted octanol–water partition coefficient (Wildman–Crippen LogP) is 3.52. The zero-order valence-corrected chi connectivity index (χ0v) is 9.49. The second-order valence-electron chi connectivity index (χ2n) is 2.93. The van der Waals surface area contributed by atoms with E-state index in [0.29, 0.717) is 4.90 Å². The molecule has 0 aliphatic rings. The molecule has 1 rings (SSSR count). The number of amides is 1. The first-order valence-electron chi connectivity index (χ1n) is 4.04. The summed E-state index contributed by atoms with van der Waals surface area (Å²) in [7, 11) is 0.980. The maximum absolute atomic E-state index is 12.2. The summed E-state index contributed by atoms with van der Waals surface area (Å²) < 4.78 is 36.5. The van der Waals surface area contributed by atoms with Crippen molar-refractivity contribution in [2.75, 3.05) is 11.9 Å². The lowest BCUT2D eigenvalue weighted by Crippen LogP contribution is -2.38. The summed E-state index contributed by atoms with van der Waals surface area (Å²) in [6.45, 7) is 0. The Labute approximate surface area is 99.6 Å². The molecule has 0 atom stereocenters. The molecule has 0 saturated carbocycles. The molecule has 2 nitrogen and oxygen atoms in total. The Morgan fingerprint density at radius 3 is 2.38 bits per heavy atom. The van der Waals surface area contributed by atoms with Crippen molar-refractivity contribution in [3.63, 3.8) is 0 Å². The third-order valence-electron chi connectivity index (χ3n) is 1.84. The third-order valence-corrected chi connectivity index (χ3v) is 2.65. The Hall–Kier alpha value is -0.940. The average Bonchev–Trinajstić information content (AvgIpc) is 2.18. The normalized spacial score (nSPS) is 11.4. The zero-order valence-electron chi connectivity index (χ0n) is 7.98. The van der Waals surface area contributed by atoms with Crippen LogP contribution in [-0.4, -0.2) is 19.1 Å². The van der Waals surface area contributed by atoms with Crippen LogP contribution in [0.1, 0.15) is 0 Å². The Balaban J connectivity index is 3.11. The molecule has 0 aromatic heterocycles. The van der Waals surface area contributed by atoms with E-state index in [4.69, 9.17) is 23.2 Å². The molecule has 0 N–H and O–H groups in total. The number of hydrogen-bond donors (Lipinski definition) is 0. The van der Waals surface area contributed by atoms with Crippen LogP contribution < -0.4 is 4.90 Å². The van der Waals surface area contributed by atoms with Gasteiger partial charge in [-0.05, 0) is 12.1 Å². The first-order chi connectivity index (χ1) is 7.25. The number of benzene rings is 1. The van der Waals surface area contributed by atoms with Crippen molar-refractivity contribution < 1.29 is 18.0 Å². The SMILES string of the molecule is CN(C(=O)C(F)(F)F)c1cccc(Cl)c1Cl. The molecule has 16 heavy (non-hydrogen) atoms. The van der Waals surface area contributed by atoms with E-state index >= 15 is 0 Å². The minimum Gasteiger partial charge on any atom is -0.306 e. The van der Waals surface area contributed by atoms with E-state index in [2.05, 4.69) is 0 Å². The lowest BCUT2D eigenvalue weighted by molar-refractivity contribution is -0.170. The molecule has 0 fully saturated rings. The van der Waals surface area contributed by atoms with Gasteiger partial charge in [-0.1, -0.05) is 29.3 Å². The smallest absolute Gasteiger partial charge is 0.306 e. The fourth-order valence-corrected chi connectivity index (χ4v) is 1.47. The molecule has 0 aliphatic carbocycles. The third kappa shape index (κ3) is 2.59. The van der Waals surface area contributed by atoms with Crippen molar-refractivity contribution in [1.82, 2.24) is 0 Å². The lowest BCUT2D eigenvalue weighted by atomic mass is 10.3. The number of carbonyl (C=O) groups is 1. The monoisotopic (exact) mass is 271 g/mol. The van der Waals surface area contributed by atoms with Gasteiger partial charge in [0.2, 0.25) is 0 Å². The summed E-state index contributed by atoms with van der Waals surface area (Å²) in [4.78, 5) is 11.3. The van der Waals surface area contributed by atoms with E-state index in [0.717, 1.165) is 7.05 Å². The molecular formula is C9H6Cl2F3NO. The van der Waals surface area contributed by atoms with E-state index in [1.807, 2.05) is 0 Å². The van der Waals surface area contributed by atoms with Gasteiger partial charge in [-0.15, -0.1) is 0 Å². The molecule has 88 valence electrons. The molecule has 1 aromatic rings. The molecule has 0 aliphatic heterocycles. The summed E-state index contributed by atoms with van der Waals surface area (Å²) in [6, 6.07) is 4.10. The van der Waals surface area contributed by atoms with Gasteiger partial charge in [0.1, 0.15) is 0 Å². The number of alkyl halides is 3. The highest BCUT2D eigenvalue weighted by Crippen LogP contribution is 2.33. The van der Waals surface area contributed by atoms with Crippen LogP contribution in [0, 0.1) is 0 Å². The van der Waals surface area contributed by atoms with E-state index in [9.17, 15) is 18.0 Å².